The second kappa shape index (κ2) is 4.37. The number of ketones is 1. The Labute approximate surface area is 95.3 Å². The van der Waals surface area contributed by atoms with Gasteiger partial charge in [-0.05, 0) is 10.8 Å². The minimum Gasteiger partial charge on any atom is -0.332 e. The fraction of sp³-hybridized carbons (Fsp3) is 0. The molecule has 0 aliphatic heterocycles. The van der Waals surface area contributed by atoms with Crippen molar-refractivity contribution >= 4 is 16.6 Å². The standard InChI is InChI=1S/C12H9O.Li/c1-9(13)11-7-6-10-4-2-3-5-12(10)8-11;/h2-8H,1H2;/q-1;+1. The fourth-order valence-corrected chi connectivity index (χ4v) is 1.36. The van der Waals surface area contributed by atoms with Crippen molar-refractivity contribution in [2.75, 3.05) is 0 Å². The first kappa shape index (κ1) is 10.9. The van der Waals surface area contributed by atoms with E-state index in [2.05, 4.69) is 6.92 Å². The van der Waals surface area contributed by atoms with Crippen LogP contribution in [0.1, 0.15) is 10.4 Å². The second-order valence-corrected chi connectivity index (χ2v) is 2.99. The molecule has 0 unspecified atom stereocenters. The van der Waals surface area contributed by atoms with Gasteiger partial charge in [-0.1, -0.05) is 30.3 Å². The normalized spacial score (nSPS) is 9.43. The molecule has 14 heavy (non-hydrogen) atoms. The summed E-state index contributed by atoms with van der Waals surface area (Å²) in [6, 6.07) is 13.6. The van der Waals surface area contributed by atoms with Gasteiger partial charge >= 0.3 is 18.9 Å². The van der Waals surface area contributed by atoms with Gasteiger partial charge in [0.1, 0.15) is 0 Å². The summed E-state index contributed by atoms with van der Waals surface area (Å²) in [5, 5.41) is 2.23. The number of fused-ring (bicyclic) bond motifs is 1. The summed E-state index contributed by atoms with van der Waals surface area (Å²) in [4.78, 5) is 11.0. The van der Waals surface area contributed by atoms with Crippen LogP contribution in [-0.2, 0) is 0 Å². The maximum atomic E-state index is 11.0. The topological polar surface area (TPSA) is 17.1 Å². The zero-order valence-electron chi connectivity index (χ0n) is 8.16. The number of hydrogen-bond donors (Lipinski definition) is 0. The van der Waals surface area contributed by atoms with Crippen LogP contribution in [-0.4, -0.2) is 5.78 Å². The van der Waals surface area contributed by atoms with Gasteiger partial charge in [0.25, 0.3) is 0 Å². The number of hydrogen-bond acceptors (Lipinski definition) is 1. The molecule has 0 N–H and O–H groups in total. The molecule has 2 rings (SSSR count). The Morgan fingerprint density at radius 3 is 2.29 bits per heavy atom. The summed E-state index contributed by atoms with van der Waals surface area (Å²) < 4.78 is 0. The molecule has 0 saturated carbocycles. The molecule has 0 aliphatic rings. The van der Waals surface area contributed by atoms with Gasteiger partial charge in [0.05, 0.1) is 0 Å². The van der Waals surface area contributed by atoms with E-state index in [9.17, 15) is 4.79 Å². The third kappa shape index (κ3) is 2.01. The summed E-state index contributed by atoms with van der Waals surface area (Å²) in [5.74, 6) is -0.134. The first-order valence-electron chi connectivity index (χ1n) is 4.12. The van der Waals surface area contributed by atoms with Gasteiger partial charge in [-0.2, -0.15) is 6.92 Å². The smallest absolute Gasteiger partial charge is 0.332 e. The molecule has 0 fully saturated rings. The molecule has 1 nitrogen and oxygen atoms in total. The molecule has 0 spiro atoms. The van der Waals surface area contributed by atoms with Crippen molar-refractivity contribution in [1.82, 2.24) is 0 Å². The fourth-order valence-electron chi connectivity index (χ4n) is 1.36. The van der Waals surface area contributed by atoms with E-state index in [-0.39, 0.29) is 24.6 Å². The Kier molecular flexibility index (Phi) is 3.41. The van der Waals surface area contributed by atoms with E-state index in [1.807, 2.05) is 36.4 Å². The quantitative estimate of drug-likeness (QED) is 0.336. The van der Waals surface area contributed by atoms with Crippen molar-refractivity contribution in [3.8, 4) is 0 Å². The Balaban J connectivity index is 0.000000980. The second-order valence-electron chi connectivity index (χ2n) is 2.99. The third-order valence-corrected chi connectivity index (χ3v) is 2.07. The Hall–Kier alpha value is -1.16. The Morgan fingerprint density at radius 1 is 1.00 bits per heavy atom. The van der Waals surface area contributed by atoms with E-state index in [0.29, 0.717) is 5.56 Å². The SMILES string of the molecule is [CH2-]C(=O)c1ccc2ccccc2c1.[Li+]. The molecule has 0 heterocycles. The third-order valence-electron chi connectivity index (χ3n) is 2.07. The molecule has 0 amide bonds. The van der Waals surface area contributed by atoms with Gasteiger partial charge in [-0.3, -0.25) is 0 Å². The van der Waals surface area contributed by atoms with Gasteiger partial charge in [0.2, 0.25) is 0 Å². The molecular formula is C12H9LiO. The number of Topliss-reactive ketones (excluding diaryl/α,β-unsaturated/α-hetero) is 1. The summed E-state index contributed by atoms with van der Waals surface area (Å²) >= 11 is 0. The maximum absolute atomic E-state index is 11.0. The van der Waals surface area contributed by atoms with E-state index in [0.717, 1.165) is 10.8 Å². The van der Waals surface area contributed by atoms with Crippen molar-refractivity contribution in [2.45, 2.75) is 0 Å². The molecule has 0 atom stereocenters. The zero-order valence-corrected chi connectivity index (χ0v) is 8.16. The van der Waals surface area contributed by atoms with Crippen molar-refractivity contribution < 1.29 is 23.7 Å². The van der Waals surface area contributed by atoms with Crippen LogP contribution in [0.5, 0.6) is 0 Å². The number of carbonyl (C=O) groups excluding carboxylic acids is 1. The van der Waals surface area contributed by atoms with Crippen LogP contribution in [0.15, 0.2) is 42.5 Å². The number of carbonyl (C=O) groups is 1. The average molecular weight is 176 g/mol. The Bertz CT molecular complexity index is 463. The summed E-state index contributed by atoms with van der Waals surface area (Å²) in [5.41, 5.74) is 0.665. The van der Waals surface area contributed by atoms with Crippen LogP contribution in [0.2, 0.25) is 0 Å². The molecule has 0 aliphatic carbocycles. The van der Waals surface area contributed by atoms with Crippen LogP contribution < -0.4 is 18.9 Å². The van der Waals surface area contributed by atoms with Crippen LogP contribution in [0.25, 0.3) is 10.8 Å². The molecule has 0 radical (unpaired) electrons. The van der Waals surface area contributed by atoms with Gasteiger partial charge in [-0.25, -0.2) is 0 Å². The van der Waals surface area contributed by atoms with Gasteiger partial charge in [-0.15, -0.1) is 17.7 Å². The minimum absolute atomic E-state index is 0. The predicted octanol–water partition coefficient (Wildman–Crippen LogP) is -0.139. The first-order valence-corrected chi connectivity index (χ1v) is 4.12. The number of rotatable bonds is 1. The Morgan fingerprint density at radius 2 is 1.64 bits per heavy atom. The molecular weight excluding hydrogens is 167 g/mol. The maximum Gasteiger partial charge on any atom is 1.00 e. The average Bonchev–Trinajstić information content (AvgIpc) is 2.17. The zero-order chi connectivity index (χ0) is 9.26. The van der Waals surface area contributed by atoms with E-state index in [1.54, 1.807) is 6.07 Å². The molecule has 2 heteroatoms. The predicted molar refractivity (Wildman–Crippen MR) is 53.6 cm³/mol. The first-order chi connectivity index (χ1) is 6.27. The molecule has 0 bridgehead atoms. The summed E-state index contributed by atoms with van der Waals surface area (Å²) in [7, 11) is 0. The summed E-state index contributed by atoms with van der Waals surface area (Å²) in [6.45, 7) is 3.38. The van der Waals surface area contributed by atoms with Crippen LogP contribution in [0.3, 0.4) is 0 Å². The van der Waals surface area contributed by atoms with Crippen molar-refractivity contribution in [3.63, 3.8) is 0 Å². The number of benzene rings is 2. The van der Waals surface area contributed by atoms with E-state index in [1.165, 1.54) is 0 Å². The van der Waals surface area contributed by atoms with Crippen LogP contribution in [0.4, 0.5) is 0 Å². The van der Waals surface area contributed by atoms with E-state index in [4.69, 9.17) is 0 Å². The largest absolute Gasteiger partial charge is 1.00 e. The molecule has 0 saturated heterocycles. The molecule has 64 valence electrons. The van der Waals surface area contributed by atoms with Crippen molar-refractivity contribution in [1.29, 1.82) is 0 Å². The molecule has 2 aromatic carbocycles. The van der Waals surface area contributed by atoms with E-state index >= 15 is 0 Å². The van der Waals surface area contributed by atoms with Crippen LogP contribution >= 0.6 is 0 Å². The van der Waals surface area contributed by atoms with Gasteiger partial charge < -0.3 is 4.79 Å². The van der Waals surface area contributed by atoms with Gasteiger partial charge in [0, 0.05) is 5.78 Å². The van der Waals surface area contributed by atoms with Gasteiger partial charge in [0.15, 0.2) is 0 Å². The minimum atomic E-state index is -0.134. The van der Waals surface area contributed by atoms with Crippen molar-refractivity contribution in [2.24, 2.45) is 0 Å². The summed E-state index contributed by atoms with van der Waals surface area (Å²) in [6.07, 6.45) is 0. The molecule has 0 aromatic heterocycles. The van der Waals surface area contributed by atoms with Crippen molar-refractivity contribution in [3.05, 3.63) is 55.0 Å². The molecule has 2 aromatic rings. The van der Waals surface area contributed by atoms with E-state index < -0.39 is 0 Å². The monoisotopic (exact) mass is 176 g/mol. The van der Waals surface area contributed by atoms with Crippen LogP contribution in [0, 0.1) is 6.92 Å².